The lowest BCUT2D eigenvalue weighted by atomic mass is 10.3. The summed E-state index contributed by atoms with van der Waals surface area (Å²) in [6.45, 7) is 0. The van der Waals surface area contributed by atoms with E-state index in [2.05, 4.69) is 15.6 Å². The first-order chi connectivity index (χ1) is 8.50. The first-order valence-electron chi connectivity index (χ1n) is 4.66. The predicted octanol–water partition coefficient (Wildman–Crippen LogP) is 0.724. The van der Waals surface area contributed by atoms with Gasteiger partial charge in [0.1, 0.15) is 5.69 Å². The fourth-order valence-corrected chi connectivity index (χ4v) is 1.20. The van der Waals surface area contributed by atoms with Gasteiger partial charge in [-0.25, -0.2) is 13.2 Å². The van der Waals surface area contributed by atoms with E-state index in [4.69, 9.17) is 11.1 Å². The Morgan fingerprint density at radius 1 is 1.28 bits per heavy atom. The maximum atomic E-state index is 13.3. The number of benzene rings is 1. The second-order valence-corrected chi connectivity index (χ2v) is 3.27. The van der Waals surface area contributed by atoms with Crippen molar-refractivity contribution in [3.05, 3.63) is 29.6 Å². The Morgan fingerprint density at radius 3 is 2.56 bits per heavy atom. The highest BCUT2D eigenvalue weighted by Crippen LogP contribution is 2.21. The molecule has 94 valence electrons. The van der Waals surface area contributed by atoms with Gasteiger partial charge in [0.25, 0.3) is 0 Å². The fourth-order valence-electron chi connectivity index (χ4n) is 1.20. The van der Waals surface area contributed by atoms with Gasteiger partial charge in [-0.15, -0.1) is 0 Å². The molecule has 0 spiro atoms. The Morgan fingerprint density at radius 2 is 1.94 bits per heavy atom. The summed E-state index contributed by atoms with van der Waals surface area (Å²) >= 11 is 0. The van der Waals surface area contributed by atoms with Crippen LogP contribution in [0.15, 0.2) is 22.3 Å². The highest BCUT2D eigenvalue weighted by atomic mass is 19.2. The largest absolute Gasteiger partial charge is 0.380 e. The van der Waals surface area contributed by atoms with Crippen LogP contribution in [0.3, 0.4) is 0 Å². The summed E-state index contributed by atoms with van der Waals surface area (Å²) in [6, 6.07) is 1.40. The molecule has 0 bridgehead atoms. The van der Waals surface area contributed by atoms with Crippen molar-refractivity contribution in [2.24, 2.45) is 15.9 Å². The van der Waals surface area contributed by atoms with Crippen LogP contribution in [0, 0.1) is 22.9 Å². The van der Waals surface area contributed by atoms with Crippen molar-refractivity contribution in [1.29, 1.82) is 5.41 Å². The van der Waals surface area contributed by atoms with E-state index in [0.717, 1.165) is 6.07 Å². The number of hydrazone groups is 2. The quantitative estimate of drug-likeness (QED) is 0.463. The molecule has 0 aliphatic carbocycles. The Bertz CT molecular complexity index is 580. The number of hydrogen-bond donors (Lipinski definition) is 4. The summed E-state index contributed by atoms with van der Waals surface area (Å²) in [5.74, 6) is -4.01. The third kappa shape index (κ3) is 1.97. The van der Waals surface area contributed by atoms with Crippen LogP contribution in [0.5, 0.6) is 0 Å². The number of halogens is 3. The van der Waals surface area contributed by atoms with E-state index >= 15 is 0 Å². The van der Waals surface area contributed by atoms with Gasteiger partial charge in [-0.05, 0) is 12.1 Å². The average molecular weight is 256 g/mol. The molecule has 0 aromatic heterocycles. The molecule has 5 N–H and O–H groups in total. The Labute approximate surface area is 98.9 Å². The zero-order chi connectivity index (χ0) is 13.3. The van der Waals surface area contributed by atoms with Gasteiger partial charge in [-0.3, -0.25) is 16.3 Å². The Hall–Kier alpha value is -2.58. The maximum Gasteiger partial charge on any atom is 0.186 e. The molecule has 9 heteroatoms. The van der Waals surface area contributed by atoms with Crippen molar-refractivity contribution in [1.82, 2.24) is 5.43 Å². The van der Waals surface area contributed by atoms with Crippen LogP contribution >= 0.6 is 0 Å². The lowest BCUT2D eigenvalue weighted by Crippen LogP contribution is -2.28. The first kappa shape index (κ1) is 11.9. The molecule has 0 amide bonds. The van der Waals surface area contributed by atoms with Crippen LogP contribution < -0.4 is 16.6 Å². The van der Waals surface area contributed by atoms with E-state index in [1.165, 1.54) is 0 Å². The molecule has 0 fully saturated rings. The SMILES string of the molecule is N=C1NN=C(N)/C1=N/Nc1c(F)ccc(F)c1F. The Balaban J connectivity index is 2.31. The summed E-state index contributed by atoms with van der Waals surface area (Å²) in [4.78, 5) is 0. The molecule has 0 unspecified atom stereocenters. The number of hydrogen-bond acceptors (Lipinski definition) is 5. The van der Waals surface area contributed by atoms with Crippen LogP contribution in [-0.2, 0) is 0 Å². The van der Waals surface area contributed by atoms with Crippen molar-refractivity contribution in [2.75, 3.05) is 5.43 Å². The van der Waals surface area contributed by atoms with Crippen LogP contribution in [-0.4, -0.2) is 17.4 Å². The zero-order valence-electron chi connectivity index (χ0n) is 8.76. The maximum absolute atomic E-state index is 13.3. The van der Waals surface area contributed by atoms with E-state index in [-0.39, 0.29) is 17.4 Å². The molecule has 0 atom stereocenters. The van der Waals surface area contributed by atoms with Crippen LogP contribution in [0.2, 0.25) is 0 Å². The number of amidine groups is 2. The molecule has 0 saturated heterocycles. The summed E-state index contributed by atoms with van der Waals surface area (Å²) in [5.41, 5.74) is 8.65. The van der Waals surface area contributed by atoms with E-state index in [1.807, 2.05) is 5.43 Å². The lowest BCUT2D eigenvalue weighted by Gasteiger charge is -2.05. The van der Waals surface area contributed by atoms with Crippen molar-refractivity contribution in [3.8, 4) is 0 Å². The van der Waals surface area contributed by atoms with E-state index in [1.54, 1.807) is 0 Å². The second-order valence-electron chi connectivity index (χ2n) is 3.27. The number of anilines is 1. The number of rotatable bonds is 2. The molecule has 0 saturated carbocycles. The van der Waals surface area contributed by atoms with Gasteiger partial charge in [0.2, 0.25) is 0 Å². The standard InChI is InChI=1S/C9H7F3N6/c10-3-1-2-4(11)6(5(3)12)15-16-7-8(13)17-18-9(7)14/h1-2,15H,(H4,13,14,16,17,18). The van der Waals surface area contributed by atoms with Crippen molar-refractivity contribution >= 4 is 23.1 Å². The van der Waals surface area contributed by atoms with Crippen LogP contribution in [0.25, 0.3) is 0 Å². The van der Waals surface area contributed by atoms with Gasteiger partial charge in [-0.1, -0.05) is 0 Å². The summed E-state index contributed by atoms with van der Waals surface area (Å²) in [6.07, 6.45) is 0. The topological polar surface area (TPSA) is 98.7 Å². The minimum Gasteiger partial charge on any atom is -0.380 e. The zero-order valence-corrected chi connectivity index (χ0v) is 8.76. The van der Waals surface area contributed by atoms with Gasteiger partial charge < -0.3 is 5.73 Å². The van der Waals surface area contributed by atoms with E-state index in [9.17, 15) is 13.2 Å². The molecule has 1 aliphatic rings. The molecule has 1 aromatic carbocycles. The predicted molar refractivity (Wildman–Crippen MR) is 59.9 cm³/mol. The van der Waals surface area contributed by atoms with Crippen LogP contribution in [0.4, 0.5) is 18.9 Å². The van der Waals surface area contributed by atoms with E-state index in [0.29, 0.717) is 6.07 Å². The first-order valence-corrected chi connectivity index (χ1v) is 4.66. The van der Waals surface area contributed by atoms with Gasteiger partial charge in [0.15, 0.2) is 34.8 Å². The molecule has 0 radical (unpaired) electrons. The fraction of sp³-hybridized carbons (Fsp3) is 0. The number of nitrogens with one attached hydrogen (secondary N) is 3. The molecule has 6 nitrogen and oxygen atoms in total. The normalized spacial score (nSPS) is 16.7. The van der Waals surface area contributed by atoms with Crippen LogP contribution in [0.1, 0.15) is 0 Å². The molecular weight excluding hydrogens is 249 g/mol. The van der Waals surface area contributed by atoms with Gasteiger partial charge >= 0.3 is 0 Å². The summed E-state index contributed by atoms with van der Waals surface area (Å²) in [5, 5.41) is 14.3. The monoisotopic (exact) mass is 256 g/mol. The molecule has 18 heavy (non-hydrogen) atoms. The van der Waals surface area contributed by atoms with Crippen molar-refractivity contribution < 1.29 is 13.2 Å². The minimum absolute atomic E-state index is 0.121. The molecule has 1 aliphatic heterocycles. The second kappa shape index (κ2) is 4.35. The van der Waals surface area contributed by atoms with Gasteiger partial charge in [-0.2, -0.15) is 10.2 Å². The minimum atomic E-state index is -1.41. The number of nitrogens with zero attached hydrogens (tertiary/aromatic N) is 2. The lowest BCUT2D eigenvalue weighted by molar-refractivity contribution is 0.499. The molecule has 1 heterocycles. The third-order valence-electron chi connectivity index (χ3n) is 2.09. The highest BCUT2D eigenvalue weighted by molar-refractivity contribution is 6.68. The third-order valence-corrected chi connectivity index (χ3v) is 2.09. The van der Waals surface area contributed by atoms with Gasteiger partial charge in [0.05, 0.1) is 0 Å². The summed E-state index contributed by atoms with van der Waals surface area (Å²) in [7, 11) is 0. The molecule has 1 aromatic rings. The smallest absolute Gasteiger partial charge is 0.186 e. The highest BCUT2D eigenvalue weighted by Gasteiger charge is 2.19. The number of nitrogens with two attached hydrogens (primary N) is 1. The van der Waals surface area contributed by atoms with E-state index < -0.39 is 23.1 Å². The summed E-state index contributed by atoms with van der Waals surface area (Å²) < 4.78 is 39.4. The molecule has 2 rings (SSSR count). The van der Waals surface area contributed by atoms with Crippen molar-refractivity contribution in [3.63, 3.8) is 0 Å². The Kier molecular flexibility index (Phi) is 2.88. The average Bonchev–Trinajstić information content (AvgIpc) is 2.65. The van der Waals surface area contributed by atoms with Gasteiger partial charge in [0, 0.05) is 0 Å². The van der Waals surface area contributed by atoms with Crippen molar-refractivity contribution in [2.45, 2.75) is 0 Å². The molecular formula is C9H7F3N6.